The van der Waals surface area contributed by atoms with Crippen LogP contribution in [0.3, 0.4) is 0 Å². The van der Waals surface area contributed by atoms with Crippen LogP contribution in [0.4, 0.5) is 0 Å². The van der Waals surface area contributed by atoms with Gasteiger partial charge in [-0.05, 0) is 13.8 Å². The first-order valence-electron chi connectivity index (χ1n) is 3.19. The summed E-state index contributed by atoms with van der Waals surface area (Å²) in [5.74, 6) is -0.558. The molecule has 0 saturated heterocycles. The number of hydrogen-bond donors (Lipinski definition) is 2. The topological polar surface area (TPSA) is 72.5 Å². The van der Waals surface area contributed by atoms with E-state index in [4.69, 9.17) is 10.8 Å². The highest BCUT2D eigenvalue weighted by Crippen LogP contribution is 1.91. The zero-order valence-electron chi connectivity index (χ0n) is 6.20. The number of aliphatic hydroxyl groups is 1. The minimum Gasteiger partial charge on any atom is -0.465 e. The van der Waals surface area contributed by atoms with Crippen LogP contribution in [-0.4, -0.2) is 29.8 Å². The molecule has 0 bridgehead atoms. The van der Waals surface area contributed by atoms with E-state index in [0.29, 0.717) is 6.61 Å². The highest BCUT2D eigenvalue weighted by Gasteiger charge is 2.19. The number of esters is 1. The second-order valence-corrected chi connectivity index (χ2v) is 2.02. The van der Waals surface area contributed by atoms with Gasteiger partial charge in [-0.1, -0.05) is 0 Å². The molecule has 0 unspecified atom stereocenters. The van der Waals surface area contributed by atoms with E-state index in [0.717, 1.165) is 0 Å². The Morgan fingerprint density at radius 2 is 2.30 bits per heavy atom. The minimum absolute atomic E-state index is 0.291. The second-order valence-electron chi connectivity index (χ2n) is 2.02. The molecule has 0 aromatic carbocycles. The largest absolute Gasteiger partial charge is 0.465 e. The summed E-state index contributed by atoms with van der Waals surface area (Å²) in [5.41, 5.74) is 5.22. The van der Waals surface area contributed by atoms with Crippen LogP contribution >= 0.6 is 0 Å². The van der Waals surface area contributed by atoms with Crippen molar-refractivity contribution < 1.29 is 14.6 Å². The summed E-state index contributed by atoms with van der Waals surface area (Å²) in [6.45, 7) is 3.42. The van der Waals surface area contributed by atoms with Gasteiger partial charge in [-0.15, -0.1) is 0 Å². The number of ether oxygens (including phenoxy) is 1. The van der Waals surface area contributed by atoms with Crippen LogP contribution in [0, 0.1) is 0 Å². The fourth-order valence-corrected chi connectivity index (χ4v) is 0.435. The first kappa shape index (κ1) is 9.39. The van der Waals surface area contributed by atoms with E-state index < -0.39 is 18.1 Å². The smallest absolute Gasteiger partial charge is 0.325 e. The number of aliphatic hydroxyl groups excluding tert-OH is 1. The number of hydrogen-bond acceptors (Lipinski definition) is 4. The van der Waals surface area contributed by atoms with Crippen molar-refractivity contribution in [3.8, 4) is 0 Å². The third-order valence-electron chi connectivity index (χ3n) is 1.08. The van der Waals surface area contributed by atoms with Crippen molar-refractivity contribution in [3.05, 3.63) is 0 Å². The molecule has 0 fully saturated rings. The lowest BCUT2D eigenvalue weighted by Crippen LogP contribution is -2.41. The molecule has 0 aromatic rings. The van der Waals surface area contributed by atoms with Crippen LogP contribution in [0.5, 0.6) is 0 Å². The summed E-state index contributed by atoms with van der Waals surface area (Å²) in [7, 11) is 0. The highest BCUT2D eigenvalue weighted by molar-refractivity contribution is 5.76. The van der Waals surface area contributed by atoms with E-state index >= 15 is 0 Å². The summed E-state index contributed by atoms with van der Waals surface area (Å²) >= 11 is 0. The van der Waals surface area contributed by atoms with Gasteiger partial charge in [-0.2, -0.15) is 0 Å². The van der Waals surface area contributed by atoms with Crippen molar-refractivity contribution in [1.29, 1.82) is 0 Å². The maximum atomic E-state index is 10.7. The molecule has 0 heterocycles. The molecule has 10 heavy (non-hydrogen) atoms. The van der Waals surface area contributed by atoms with Crippen molar-refractivity contribution in [1.82, 2.24) is 0 Å². The fourth-order valence-electron chi connectivity index (χ4n) is 0.435. The summed E-state index contributed by atoms with van der Waals surface area (Å²) in [6.07, 6.45) is -0.848. The van der Waals surface area contributed by atoms with Gasteiger partial charge >= 0.3 is 5.97 Å². The number of rotatable bonds is 3. The molecule has 0 saturated carbocycles. The first-order valence-corrected chi connectivity index (χ1v) is 3.19. The Kier molecular flexibility index (Phi) is 3.99. The van der Waals surface area contributed by atoms with Gasteiger partial charge in [0.1, 0.15) is 6.04 Å². The van der Waals surface area contributed by atoms with Gasteiger partial charge < -0.3 is 15.6 Å². The molecule has 0 aliphatic rings. The number of nitrogens with two attached hydrogens (primary N) is 1. The van der Waals surface area contributed by atoms with Gasteiger partial charge in [0.25, 0.3) is 0 Å². The van der Waals surface area contributed by atoms with Crippen LogP contribution in [0.15, 0.2) is 0 Å². The zero-order chi connectivity index (χ0) is 8.15. The van der Waals surface area contributed by atoms with Crippen molar-refractivity contribution in [2.45, 2.75) is 26.0 Å². The quantitative estimate of drug-likeness (QED) is 0.515. The molecule has 3 N–H and O–H groups in total. The standard InChI is InChI=1S/C6H13NO3/c1-3-10-6(9)5(7)4(2)8/h4-5,8H,3,7H2,1-2H3/t4-,5-/m0/s1. The van der Waals surface area contributed by atoms with Gasteiger partial charge in [0.15, 0.2) is 0 Å². The number of carbonyl (C=O) groups is 1. The molecule has 0 aliphatic carbocycles. The zero-order valence-corrected chi connectivity index (χ0v) is 6.20. The van der Waals surface area contributed by atoms with Gasteiger partial charge in [0.05, 0.1) is 12.7 Å². The predicted molar refractivity (Wildman–Crippen MR) is 36.3 cm³/mol. The van der Waals surface area contributed by atoms with E-state index in [-0.39, 0.29) is 0 Å². The Labute approximate surface area is 60.0 Å². The molecule has 4 nitrogen and oxygen atoms in total. The van der Waals surface area contributed by atoms with Gasteiger partial charge in [-0.25, -0.2) is 0 Å². The Hall–Kier alpha value is -0.610. The summed E-state index contributed by atoms with van der Waals surface area (Å²) < 4.78 is 4.54. The van der Waals surface area contributed by atoms with E-state index in [1.807, 2.05) is 0 Å². The lowest BCUT2D eigenvalue weighted by atomic mass is 10.2. The summed E-state index contributed by atoms with van der Waals surface area (Å²) in [4.78, 5) is 10.7. The maximum Gasteiger partial charge on any atom is 0.325 e. The summed E-state index contributed by atoms with van der Waals surface area (Å²) in [5, 5.41) is 8.79. The average Bonchev–Trinajstić information content (AvgIpc) is 1.87. The highest BCUT2D eigenvalue weighted by atomic mass is 16.5. The lowest BCUT2D eigenvalue weighted by molar-refractivity contribution is -0.147. The molecular weight excluding hydrogens is 134 g/mol. The lowest BCUT2D eigenvalue weighted by Gasteiger charge is -2.11. The predicted octanol–water partition coefficient (Wildman–Crippen LogP) is -0.742. The molecule has 60 valence electrons. The van der Waals surface area contributed by atoms with Gasteiger partial charge in [0, 0.05) is 0 Å². The van der Waals surface area contributed by atoms with E-state index in [2.05, 4.69) is 4.74 Å². The molecule has 0 rings (SSSR count). The van der Waals surface area contributed by atoms with Gasteiger partial charge in [0.2, 0.25) is 0 Å². The first-order chi connectivity index (χ1) is 4.59. The van der Waals surface area contributed by atoms with Crippen molar-refractivity contribution in [2.75, 3.05) is 6.61 Å². The molecule has 0 aliphatic heterocycles. The van der Waals surface area contributed by atoms with Crippen molar-refractivity contribution >= 4 is 5.97 Å². The second kappa shape index (κ2) is 4.24. The van der Waals surface area contributed by atoms with E-state index in [9.17, 15) is 4.79 Å². The third kappa shape index (κ3) is 2.80. The van der Waals surface area contributed by atoms with Crippen LogP contribution in [0.1, 0.15) is 13.8 Å². The summed E-state index contributed by atoms with van der Waals surface area (Å²) in [6, 6.07) is -0.917. The fraction of sp³-hybridized carbons (Fsp3) is 0.833. The van der Waals surface area contributed by atoms with Crippen LogP contribution in [0.25, 0.3) is 0 Å². The SMILES string of the molecule is CCOC(=O)[C@@H](N)[C@H](C)O. The molecule has 4 heteroatoms. The van der Waals surface area contributed by atoms with Gasteiger partial charge in [-0.3, -0.25) is 4.79 Å². The van der Waals surface area contributed by atoms with Crippen LogP contribution in [-0.2, 0) is 9.53 Å². The average molecular weight is 147 g/mol. The third-order valence-corrected chi connectivity index (χ3v) is 1.08. The van der Waals surface area contributed by atoms with E-state index in [1.54, 1.807) is 6.92 Å². The molecule has 2 atom stereocenters. The minimum atomic E-state index is -0.917. The van der Waals surface area contributed by atoms with E-state index in [1.165, 1.54) is 6.92 Å². The number of carbonyl (C=O) groups excluding carboxylic acids is 1. The Morgan fingerprint density at radius 3 is 2.60 bits per heavy atom. The maximum absolute atomic E-state index is 10.7. The van der Waals surface area contributed by atoms with Crippen LogP contribution in [0.2, 0.25) is 0 Å². The Balaban J connectivity index is 3.71. The van der Waals surface area contributed by atoms with Crippen LogP contribution < -0.4 is 5.73 Å². The molecule has 0 amide bonds. The molecule has 0 spiro atoms. The Morgan fingerprint density at radius 1 is 1.80 bits per heavy atom. The molecule has 0 aromatic heterocycles. The molecule has 0 radical (unpaired) electrons. The van der Waals surface area contributed by atoms with Crippen molar-refractivity contribution in [2.24, 2.45) is 5.73 Å². The normalized spacial score (nSPS) is 16.0. The Bertz CT molecular complexity index is 114. The molecular formula is C6H13NO3. The monoisotopic (exact) mass is 147 g/mol. The van der Waals surface area contributed by atoms with Crippen molar-refractivity contribution in [3.63, 3.8) is 0 Å².